The van der Waals surface area contributed by atoms with Crippen molar-refractivity contribution in [3.05, 3.63) is 94.8 Å². The highest BCUT2D eigenvalue weighted by Crippen LogP contribution is 2.25. The van der Waals surface area contributed by atoms with Crippen LogP contribution in [0, 0.1) is 0 Å². The number of nitrogens with zero attached hydrogens (tertiary/aromatic N) is 2. The molecule has 0 fully saturated rings. The zero-order chi connectivity index (χ0) is 24.8. The second kappa shape index (κ2) is 10.8. The SMILES string of the molecule is CNCc1cc(C(N)=O)c2ncnc(NCc3cccc(CC(=O)c4ccc(OC)cc4)c3)c2c1. The number of anilines is 1. The first-order valence-corrected chi connectivity index (χ1v) is 11.2. The van der Waals surface area contributed by atoms with Gasteiger partial charge < -0.3 is 21.1 Å². The number of nitrogens with two attached hydrogens (primary N) is 1. The third-order valence-electron chi connectivity index (χ3n) is 5.67. The van der Waals surface area contributed by atoms with Crippen molar-refractivity contribution in [3.8, 4) is 5.75 Å². The fraction of sp³-hybridized carbons (Fsp3) is 0.185. The first-order chi connectivity index (χ1) is 17.0. The summed E-state index contributed by atoms with van der Waals surface area (Å²) < 4.78 is 5.16. The summed E-state index contributed by atoms with van der Waals surface area (Å²) in [5.74, 6) is 0.825. The second-order valence-electron chi connectivity index (χ2n) is 8.16. The molecule has 35 heavy (non-hydrogen) atoms. The predicted molar refractivity (Wildman–Crippen MR) is 136 cm³/mol. The molecule has 0 bridgehead atoms. The molecular formula is C27H27N5O3. The topological polar surface area (TPSA) is 119 Å². The molecule has 0 saturated carbocycles. The van der Waals surface area contributed by atoms with E-state index in [1.54, 1.807) is 37.4 Å². The van der Waals surface area contributed by atoms with Crippen LogP contribution >= 0.6 is 0 Å². The summed E-state index contributed by atoms with van der Waals surface area (Å²) in [7, 11) is 3.43. The lowest BCUT2D eigenvalue weighted by molar-refractivity contribution is 0.0988. The third kappa shape index (κ3) is 5.62. The molecule has 0 aliphatic carbocycles. The average Bonchev–Trinajstić information content (AvgIpc) is 2.87. The molecule has 1 aromatic heterocycles. The molecule has 4 N–H and O–H groups in total. The van der Waals surface area contributed by atoms with Crippen molar-refractivity contribution in [2.24, 2.45) is 5.73 Å². The Morgan fingerprint density at radius 1 is 0.943 bits per heavy atom. The summed E-state index contributed by atoms with van der Waals surface area (Å²) in [6, 6.07) is 18.7. The smallest absolute Gasteiger partial charge is 0.250 e. The van der Waals surface area contributed by atoms with Gasteiger partial charge in [0.1, 0.15) is 17.9 Å². The van der Waals surface area contributed by atoms with E-state index in [0.29, 0.717) is 47.7 Å². The second-order valence-corrected chi connectivity index (χ2v) is 8.16. The van der Waals surface area contributed by atoms with E-state index < -0.39 is 5.91 Å². The summed E-state index contributed by atoms with van der Waals surface area (Å²) in [5, 5.41) is 7.15. The fourth-order valence-corrected chi connectivity index (χ4v) is 3.96. The zero-order valence-corrected chi connectivity index (χ0v) is 19.7. The van der Waals surface area contributed by atoms with Crippen LogP contribution in [0.4, 0.5) is 5.82 Å². The van der Waals surface area contributed by atoms with Crippen molar-refractivity contribution in [1.82, 2.24) is 15.3 Å². The van der Waals surface area contributed by atoms with E-state index in [2.05, 4.69) is 20.6 Å². The van der Waals surface area contributed by atoms with Crippen molar-refractivity contribution < 1.29 is 14.3 Å². The Kier molecular flexibility index (Phi) is 7.32. The molecule has 0 saturated heterocycles. The summed E-state index contributed by atoms with van der Waals surface area (Å²) in [6.07, 6.45) is 1.71. The number of nitrogens with one attached hydrogen (secondary N) is 2. The maximum absolute atomic E-state index is 12.7. The summed E-state index contributed by atoms with van der Waals surface area (Å²) in [6.45, 7) is 1.06. The molecule has 4 aromatic rings. The highest BCUT2D eigenvalue weighted by Gasteiger charge is 2.14. The number of hydrogen-bond donors (Lipinski definition) is 3. The Hall–Kier alpha value is -4.30. The molecule has 8 nitrogen and oxygen atoms in total. The number of rotatable bonds is 10. The maximum atomic E-state index is 12.7. The lowest BCUT2D eigenvalue weighted by Crippen LogP contribution is -2.15. The quantitative estimate of drug-likeness (QED) is 0.304. The lowest BCUT2D eigenvalue weighted by Gasteiger charge is -2.12. The van der Waals surface area contributed by atoms with E-state index in [9.17, 15) is 9.59 Å². The number of carbonyl (C=O) groups excluding carboxylic acids is 2. The molecule has 1 amide bonds. The van der Waals surface area contributed by atoms with Crippen molar-refractivity contribution in [2.75, 3.05) is 19.5 Å². The number of aromatic nitrogens is 2. The van der Waals surface area contributed by atoms with Gasteiger partial charge in [0.15, 0.2) is 5.78 Å². The number of amides is 1. The van der Waals surface area contributed by atoms with Gasteiger partial charge in [-0.3, -0.25) is 9.59 Å². The molecule has 0 unspecified atom stereocenters. The Bertz CT molecular complexity index is 1370. The average molecular weight is 470 g/mol. The highest BCUT2D eigenvalue weighted by atomic mass is 16.5. The van der Waals surface area contributed by atoms with Crippen LogP contribution in [-0.4, -0.2) is 35.8 Å². The van der Waals surface area contributed by atoms with Gasteiger partial charge in [-0.2, -0.15) is 0 Å². The molecule has 0 radical (unpaired) electrons. The number of hydrogen-bond acceptors (Lipinski definition) is 7. The Labute approximate surface area is 203 Å². The van der Waals surface area contributed by atoms with Gasteiger partial charge in [0.25, 0.3) is 5.91 Å². The van der Waals surface area contributed by atoms with Crippen molar-refractivity contribution in [2.45, 2.75) is 19.5 Å². The van der Waals surface area contributed by atoms with Gasteiger partial charge in [-0.1, -0.05) is 24.3 Å². The molecule has 0 spiro atoms. The van der Waals surface area contributed by atoms with E-state index in [0.717, 1.165) is 22.1 Å². The van der Waals surface area contributed by atoms with Crippen molar-refractivity contribution in [3.63, 3.8) is 0 Å². The van der Waals surface area contributed by atoms with E-state index in [1.807, 2.05) is 37.4 Å². The van der Waals surface area contributed by atoms with E-state index in [4.69, 9.17) is 10.5 Å². The standard InChI is InChI=1S/C27H27N5O3/c1-29-14-19-11-22(26(28)34)25-23(12-19)27(32-16-31-25)30-15-18-5-3-4-17(10-18)13-24(33)20-6-8-21(35-2)9-7-20/h3-12,16,29H,13-15H2,1-2H3,(H2,28,34)(H,30,31,32). The molecule has 178 valence electrons. The van der Waals surface area contributed by atoms with Crippen LogP contribution in [-0.2, 0) is 19.5 Å². The van der Waals surface area contributed by atoms with Crippen LogP contribution in [0.25, 0.3) is 10.9 Å². The van der Waals surface area contributed by atoms with Crippen LogP contribution in [0.5, 0.6) is 5.75 Å². The van der Waals surface area contributed by atoms with Gasteiger partial charge in [-0.15, -0.1) is 0 Å². The number of fused-ring (bicyclic) bond motifs is 1. The minimum Gasteiger partial charge on any atom is -0.497 e. The number of benzene rings is 3. The Morgan fingerprint density at radius 2 is 1.71 bits per heavy atom. The highest BCUT2D eigenvalue weighted by molar-refractivity contribution is 6.07. The van der Waals surface area contributed by atoms with Gasteiger partial charge in [-0.05, 0) is 60.1 Å². The molecule has 4 rings (SSSR count). The first kappa shape index (κ1) is 23.8. The minimum absolute atomic E-state index is 0.0376. The van der Waals surface area contributed by atoms with Crippen molar-refractivity contribution in [1.29, 1.82) is 0 Å². The Balaban J connectivity index is 1.52. The normalized spacial score (nSPS) is 10.8. The number of carbonyl (C=O) groups is 2. The molecular weight excluding hydrogens is 442 g/mol. The lowest BCUT2D eigenvalue weighted by atomic mass is 10.0. The number of ether oxygens (including phenoxy) is 1. The summed E-state index contributed by atoms with van der Waals surface area (Å²) in [4.78, 5) is 33.4. The van der Waals surface area contributed by atoms with Crippen LogP contribution < -0.4 is 21.1 Å². The van der Waals surface area contributed by atoms with E-state index >= 15 is 0 Å². The van der Waals surface area contributed by atoms with E-state index in [-0.39, 0.29) is 5.78 Å². The number of Topliss-reactive ketones (excluding diaryl/α,β-unsaturated/α-hetero) is 1. The first-order valence-electron chi connectivity index (χ1n) is 11.2. The van der Waals surface area contributed by atoms with Crippen LogP contribution in [0.15, 0.2) is 67.0 Å². The molecule has 0 aliphatic heterocycles. The molecule has 8 heteroatoms. The van der Waals surface area contributed by atoms with Gasteiger partial charge >= 0.3 is 0 Å². The van der Waals surface area contributed by atoms with Crippen LogP contribution in [0.3, 0.4) is 0 Å². The third-order valence-corrected chi connectivity index (χ3v) is 5.67. The van der Waals surface area contributed by atoms with Crippen LogP contribution in [0.2, 0.25) is 0 Å². The largest absolute Gasteiger partial charge is 0.497 e. The monoisotopic (exact) mass is 469 g/mol. The summed E-state index contributed by atoms with van der Waals surface area (Å²) >= 11 is 0. The zero-order valence-electron chi connectivity index (χ0n) is 19.7. The van der Waals surface area contributed by atoms with Gasteiger partial charge in [0, 0.05) is 30.5 Å². The maximum Gasteiger partial charge on any atom is 0.250 e. The molecule has 0 atom stereocenters. The summed E-state index contributed by atoms with van der Waals surface area (Å²) in [5.41, 5.74) is 9.94. The number of methoxy groups -OCH3 is 1. The van der Waals surface area contributed by atoms with Gasteiger partial charge in [0.2, 0.25) is 0 Å². The fourth-order valence-electron chi connectivity index (χ4n) is 3.96. The molecule has 3 aromatic carbocycles. The number of ketones is 1. The van der Waals surface area contributed by atoms with Gasteiger partial charge in [-0.25, -0.2) is 9.97 Å². The predicted octanol–water partition coefficient (Wildman–Crippen LogP) is 3.49. The van der Waals surface area contributed by atoms with Crippen molar-refractivity contribution >= 4 is 28.4 Å². The van der Waals surface area contributed by atoms with E-state index in [1.165, 1.54) is 6.33 Å². The minimum atomic E-state index is -0.535. The van der Waals surface area contributed by atoms with Gasteiger partial charge in [0.05, 0.1) is 18.2 Å². The number of primary amides is 1. The molecule has 1 heterocycles. The van der Waals surface area contributed by atoms with Crippen LogP contribution in [0.1, 0.15) is 37.4 Å². The molecule has 0 aliphatic rings. The Morgan fingerprint density at radius 3 is 2.43 bits per heavy atom.